The molecule has 0 atom stereocenters. The highest BCUT2D eigenvalue weighted by Gasteiger charge is 2.23. The molecule has 3 aromatic rings. The molecule has 4 rings (SSSR count). The summed E-state index contributed by atoms with van der Waals surface area (Å²) < 4.78 is 16.6. The molecule has 0 saturated heterocycles. The van der Waals surface area contributed by atoms with E-state index in [1.54, 1.807) is 14.2 Å². The maximum Gasteiger partial charge on any atom is 0.228 e. The normalized spacial score (nSPS) is 12.9. The van der Waals surface area contributed by atoms with E-state index in [4.69, 9.17) is 14.2 Å². The summed E-state index contributed by atoms with van der Waals surface area (Å²) in [4.78, 5) is 19.3. The summed E-state index contributed by atoms with van der Waals surface area (Å²) in [5.74, 6) is 2.31. The molecule has 0 fully saturated rings. The summed E-state index contributed by atoms with van der Waals surface area (Å²) in [6.45, 7) is 3.71. The fourth-order valence-corrected chi connectivity index (χ4v) is 4.34. The molecule has 1 aromatic heterocycles. The minimum atomic E-state index is 0.0803. The largest absolute Gasteiger partial charge is 0.493 e. The van der Waals surface area contributed by atoms with E-state index in [0.717, 1.165) is 34.2 Å². The number of rotatable bonds is 7. The molecule has 0 radical (unpaired) electrons. The number of aryl methyl sites for hydroxylation is 1. The number of hydrogen-bond acceptors (Lipinski definition) is 6. The van der Waals surface area contributed by atoms with Gasteiger partial charge < -0.3 is 19.1 Å². The number of aromatic nitrogens is 1. The van der Waals surface area contributed by atoms with Gasteiger partial charge in [-0.3, -0.25) is 4.79 Å². The zero-order chi connectivity index (χ0) is 21.8. The van der Waals surface area contributed by atoms with Crippen molar-refractivity contribution in [2.24, 2.45) is 0 Å². The van der Waals surface area contributed by atoms with Crippen molar-refractivity contribution >= 4 is 17.2 Å². The smallest absolute Gasteiger partial charge is 0.228 e. The maximum atomic E-state index is 12.9. The Bertz CT molecular complexity index is 1060. The van der Waals surface area contributed by atoms with Crippen LogP contribution < -0.4 is 14.2 Å². The van der Waals surface area contributed by atoms with Crippen LogP contribution in [0.3, 0.4) is 0 Å². The van der Waals surface area contributed by atoms with Crippen LogP contribution in [0.15, 0.2) is 41.8 Å². The minimum Gasteiger partial charge on any atom is -0.493 e. The second-order valence-corrected chi connectivity index (χ2v) is 8.49. The number of thiazole rings is 1. The lowest BCUT2D eigenvalue weighted by Gasteiger charge is -2.29. The first-order valence-corrected chi connectivity index (χ1v) is 11.1. The van der Waals surface area contributed by atoms with Gasteiger partial charge in [0, 0.05) is 18.5 Å². The van der Waals surface area contributed by atoms with E-state index in [1.807, 2.05) is 53.6 Å². The molecule has 0 bridgehead atoms. The molecule has 162 valence electrons. The molecular formula is C24H26N2O4S. The van der Waals surface area contributed by atoms with Crippen LogP contribution in [0.1, 0.15) is 27.4 Å². The van der Waals surface area contributed by atoms with Crippen LogP contribution in [0.5, 0.6) is 17.2 Å². The summed E-state index contributed by atoms with van der Waals surface area (Å²) >= 11 is 1.52. The van der Waals surface area contributed by atoms with Gasteiger partial charge in [0.25, 0.3) is 0 Å². The van der Waals surface area contributed by atoms with Crippen LogP contribution in [-0.2, 0) is 30.8 Å². The van der Waals surface area contributed by atoms with Gasteiger partial charge in [-0.25, -0.2) is 4.98 Å². The highest BCUT2D eigenvalue weighted by molar-refractivity contribution is 7.09. The molecule has 2 aromatic carbocycles. The predicted molar refractivity (Wildman–Crippen MR) is 120 cm³/mol. The van der Waals surface area contributed by atoms with Gasteiger partial charge in [-0.2, -0.15) is 0 Å². The lowest BCUT2D eigenvalue weighted by molar-refractivity contribution is -0.131. The van der Waals surface area contributed by atoms with Crippen LogP contribution in [-0.4, -0.2) is 36.6 Å². The SMILES string of the molecule is COc1cc2c(cc1OC)CN(C(=O)Cc1csc(COc3ccc(C)cc3)n1)CC2. The third-order valence-electron chi connectivity index (χ3n) is 5.39. The first kappa shape index (κ1) is 21.2. The van der Waals surface area contributed by atoms with Gasteiger partial charge in [0.1, 0.15) is 17.4 Å². The Morgan fingerprint density at radius 1 is 1.10 bits per heavy atom. The van der Waals surface area contributed by atoms with Gasteiger partial charge in [-0.15, -0.1) is 11.3 Å². The number of ether oxygens (including phenoxy) is 3. The van der Waals surface area contributed by atoms with E-state index < -0.39 is 0 Å². The molecule has 0 N–H and O–H groups in total. The molecule has 0 saturated carbocycles. The quantitative estimate of drug-likeness (QED) is 0.554. The number of carbonyl (C=O) groups is 1. The third kappa shape index (κ3) is 4.99. The Balaban J connectivity index is 1.35. The van der Waals surface area contributed by atoms with Crippen molar-refractivity contribution in [3.63, 3.8) is 0 Å². The predicted octanol–water partition coefficient (Wildman–Crippen LogP) is 4.18. The van der Waals surface area contributed by atoms with Crippen molar-refractivity contribution in [2.45, 2.75) is 32.9 Å². The van der Waals surface area contributed by atoms with Gasteiger partial charge in [-0.05, 0) is 48.7 Å². The molecular weight excluding hydrogens is 412 g/mol. The van der Waals surface area contributed by atoms with Gasteiger partial charge in [-0.1, -0.05) is 17.7 Å². The molecule has 0 unspecified atom stereocenters. The molecule has 6 nitrogen and oxygen atoms in total. The number of carbonyl (C=O) groups excluding carboxylic acids is 1. The molecule has 31 heavy (non-hydrogen) atoms. The van der Waals surface area contributed by atoms with Crippen molar-refractivity contribution < 1.29 is 19.0 Å². The molecule has 0 spiro atoms. The molecule has 1 amide bonds. The Morgan fingerprint density at radius 2 is 1.81 bits per heavy atom. The number of nitrogens with zero attached hydrogens (tertiary/aromatic N) is 2. The lowest BCUT2D eigenvalue weighted by Crippen LogP contribution is -2.37. The Hall–Kier alpha value is -3.06. The molecule has 1 aliphatic rings. The van der Waals surface area contributed by atoms with Crippen LogP contribution in [0.4, 0.5) is 0 Å². The molecule has 1 aliphatic heterocycles. The summed E-state index contributed by atoms with van der Waals surface area (Å²) in [5.41, 5.74) is 4.28. The van der Waals surface area contributed by atoms with Gasteiger partial charge in [0.05, 0.1) is 26.3 Å². The van der Waals surface area contributed by atoms with Crippen molar-refractivity contribution in [2.75, 3.05) is 20.8 Å². The molecule has 0 aliphatic carbocycles. The number of fused-ring (bicyclic) bond motifs is 1. The highest BCUT2D eigenvalue weighted by atomic mass is 32.1. The Morgan fingerprint density at radius 3 is 2.52 bits per heavy atom. The van der Waals surface area contributed by atoms with Gasteiger partial charge in [0.15, 0.2) is 11.5 Å². The van der Waals surface area contributed by atoms with Crippen molar-refractivity contribution in [3.8, 4) is 17.2 Å². The maximum absolute atomic E-state index is 12.9. The van der Waals surface area contributed by atoms with E-state index in [-0.39, 0.29) is 5.91 Å². The highest BCUT2D eigenvalue weighted by Crippen LogP contribution is 2.33. The lowest BCUT2D eigenvalue weighted by atomic mass is 9.98. The number of methoxy groups -OCH3 is 2. The Labute approximate surface area is 186 Å². The number of benzene rings is 2. The second kappa shape index (κ2) is 9.39. The summed E-state index contributed by atoms with van der Waals surface area (Å²) in [6, 6.07) is 11.9. The summed E-state index contributed by atoms with van der Waals surface area (Å²) in [7, 11) is 3.26. The summed E-state index contributed by atoms with van der Waals surface area (Å²) in [6.07, 6.45) is 1.10. The summed E-state index contributed by atoms with van der Waals surface area (Å²) in [5, 5.41) is 2.81. The van der Waals surface area contributed by atoms with Crippen LogP contribution >= 0.6 is 11.3 Å². The zero-order valence-electron chi connectivity index (χ0n) is 18.0. The first-order valence-electron chi connectivity index (χ1n) is 10.2. The average Bonchev–Trinajstić information content (AvgIpc) is 3.24. The second-order valence-electron chi connectivity index (χ2n) is 7.55. The monoisotopic (exact) mass is 438 g/mol. The fourth-order valence-electron chi connectivity index (χ4n) is 3.64. The third-order valence-corrected chi connectivity index (χ3v) is 6.26. The fraction of sp³-hybridized carbons (Fsp3) is 0.333. The van der Waals surface area contributed by atoms with E-state index >= 15 is 0 Å². The van der Waals surface area contributed by atoms with Crippen molar-refractivity contribution in [1.29, 1.82) is 0 Å². The first-order chi connectivity index (χ1) is 15.1. The van der Waals surface area contributed by atoms with E-state index in [1.165, 1.54) is 22.5 Å². The zero-order valence-corrected chi connectivity index (χ0v) is 18.8. The van der Waals surface area contributed by atoms with E-state index in [2.05, 4.69) is 4.98 Å². The molecule has 2 heterocycles. The minimum absolute atomic E-state index is 0.0803. The number of hydrogen-bond donors (Lipinski definition) is 0. The van der Waals surface area contributed by atoms with Crippen molar-refractivity contribution in [3.05, 3.63) is 69.2 Å². The van der Waals surface area contributed by atoms with Gasteiger partial charge in [0.2, 0.25) is 5.91 Å². The van der Waals surface area contributed by atoms with Crippen LogP contribution in [0.25, 0.3) is 0 Å². The van der Waals surface area contributed by atoms with E-state index in [9.17, 15) is 4.79 Å². The van der Waals surface area contributed by atoms with E-state index in [0.29, 0.717) is 31.9 Å². The average molecular weight is 439 g/mol. The standard InChI is InChI=1S/C24H26N2O4S/c1-16-4-6-20(7-5-16)30-14-23-25-19(15-31-23)12-24(27)26-9-8-17-10-21(28-2)22(29-3)11-18(17)13-26/h4-7,10-11,15H,8-9,12-14H2,1-3H3. The number of amides is 1. The molecule has 7 heteroatoms. The Kier molecular flexibility index (Phi) is 6.42. The van der Waals surface area contributed by atoms with Crippen LogP contribution in [0, 0.1) is 6.92 Å². The topological polar surface area (TPSA) is 60.9 Å². The van der Waals surface area contributed by atoms with Crippen LogP contribution in [0.2, 0.25) is 0 Å². The van der Waals surface area contributed by atoms with Crippen molar-refractivity contribution in [1.82, 2.24) is 9.88 Å². The van der Waals surface area contributed by atoms with Gasteiger partial charge >= 0.3 is 0 Å².